The molecule has 3 rings (SSSR count). The smallest absolute Gasteiger partial charge is 0.220 e. The third-order valence-electron chi connectivity index (χ3n) is 18.0. The Labute approximate surface area is 559 Å². The fraction of sp³-hybridized carbons (Fsp3) is 0.824. The maximum atomic E-state index is 13.4. The van der Waals surface area contributed by atoms with Crippen molar-refractivity contribution in [2.45, 2.75) is 362 Å². The molecule has 0 aliphatic carbocycles. The average Bonchev–Trinajstić information content (AvgIpc) is 0.900. The zero-order valence-electron chi connectivity index (χ0n) is 57.2. The van der Waals surface area contributed by atoms with Crippen molar-refractivity contribution in [3.05, 3.63) is 72.9 Å². The van der Waals surface area contributed by atoms with E-state index in [0.717, 1.165) is 77.0 Å². The number of unbranched alkanes of at least 4 members (excludes halogenated alkanes) is 30. The molecule has 93 heavy (non-hydrogen) atoms. The van der Waals surface area contributed by atoms with Gasteiger partial charge < -0.3 is 89.9 Å². The number of aliphatic hydroxyl groups is 11. The van der Waals surface area contributed by atoms with Crippen LogP contribution in [0.25, 0.3) is 0 Å². The van der Waals surface area contributed by atoms with E-state index in [1.165, 1.54) is 154 Å². The zero-order valence-corrected chi connectivity index (χ0v) is 57.2. The van der Waals surface area contributed by atoms with Crippen LogP contribution in [0.5, 0.6) is 0 Å². The molecule has 0 saturated carbocycles. The van der Waals surface area contributed by atoms with Gasteiger partial charge in [0.2, 0.25) is 5.91 Å². The highest BCUT2D eigenvalue weighted by molar-refractivity contribution is 5.76. The molecule has 0 aromatic heterocycles. The van der Waals surface area contributed by atoms with Crippen LogP contribution < -0.4 is 5.32 Å². The lowest BCUT2D eigenvalue weighted by molar-refractivity contribution is -0.379. The number of hydrogen-bond donors (Lipinski definition) is 12. The van der Waals surface area contributed by atoms with Gasteiger partial charge in [-0.3, -0.25) is 4.79 Å². The van der Waals surface area contributed by atoms with Crippen molar-refractivity contribution in [1.29, 1.82) is 0 Å². The van der Waals surface area contributed by atoms with Crippen molar-refractivity contribution >= 4 is 5.91 Å². The normalized spacial score (nSPS) is 27.9. The quantitative estimate of drug-likeness (QED) is 0.0199. The van der Waals surface area contributed by atoms with Crippen LogP contribution in [-0.4, -0.2) is 193 Å². The topological polar surface area (TPSA) is 307 Å². The van der Waals surface area contributed by atoms with E-state index in [4.69, 9.17) is 28.4 Å². The fourth-order valence-corrected chi connectivity index (χ4v) is 12.1. The summed E-state index contributed by atoms with van der Waals surface area (Å²) >= 11 is 0. The summed E-state index contributed by atoms with van der Waals surface area (Å²) in [6, 6.07) is -0.976. The second-order valence-electron chi connectivity index (χ2n) is 26.0. The average molecular weight is 1320 g/mol. The number of carbonyl (C=O) groups excluding carboxylic acids is 1. The summed E-state index contributed by atoms with van der Waals surface area (Å²) in [5.41, 5.74) is 0. The number of aliphatic hydroxyl groups excluding tert-OH is 11. The monoisotopic (exact) mass is 1320 g/mol. The van der Waals surface area contributed by atoms with E-state index in [2.05, 4.69) is 79.9 Å². The highest BCUT2D eigenvalue weighted by atomic mass is 16.8. The maximum Gasteiger partial charge on any atom is 0.220 e. The van der Waals surface area contributed by atoms with E-state index in [1.54, 1.807) is 6.08 Å². The van der Waals surface area contributed by atoms with Gasteiger partial charge in [0.1, 0.15) is 73.2 Å². The Balaban J connectivity index is 1.39. The minimum Gasteiger partial charge on any atom is -0.394 e. The van der Waals surface area contributed by atoms with E-state index < -0.39 is 124 Å². The van der Waals surface area contributed by atoms with Crippen molar-refractivity contribution in [3.63, 3.8) is 0 Å². The molecule has 3 aliphatic heterocycles. The first-order valence-electron chi connectivity index (χ1n) is 36.7. The molecule has 17 atom stereocenters. The third-order valence-corrected chi connectivity index (χ3v) is 18.0. The molecular formula is C74H131NO18. The minimum absolute atomic E-state index is 0.241. The number of nitrogens with one attached hydrogen (secondary N) is 1. The third kappa shape index (κ3) is 36.6. The minimum atomic E-state index is -1.98. The summed E-state index contributed by atoms with van der Waals surface area (Å²) in [6.45, 7) is 1.63. The molecule has 3 fully saturated rings. The molecule has 0 bridgehead atoms. The standard InChI is InChI=1S/C74H131NO18/c1-3-5-7-9-11-13-15-17-19-21-22-23-24-25-26-27-28-29-30-31-32-33-34-36-38-40-42-44-46-48-50-52-62(80)75-57(58(79)51-49-47-45-43-41-39-37-35-20-18-16-14-12-10-8-6-4-2)56-88-72-68(86)65(83)70(60(54-77)90-72)93-74-69(87)66(84)71(61(55-78)91-74)92-73-67(85)64(82)63(81)59(53-76)89-73/h5,7,11,13,17,19,22-23,25-26,49,51,57-61,63-74,76-79,81-87H,3-4,6,8-10,12,14-16,18,20-21,24,27-48,50,52-56H2,1-2H3,(H,75,80)/b7-5-,13-11-,19-17-,23-22-,26-25-,51-49+. The van der Waals surface area contributed by atoms with Crippen molar-refractivity contribution in [1.82, 2.24) is 5.32 Å². The Kier molecular flexibility index (Phi) is 50.1. The van der Waals surface area contributed by atoms with Gasteiger partial charge in [0, 0.05) is 6.42 Å². The second kappa shape index (κ2) is 55.1. The van der Waals surface area contributed by atoms with E-state index in [1.807, 2.05) is 6.08 Å². The van der Waals surface area contributed by atoms with E-state index >= 15 is 0 Å². The highest BCUT2D eigenvalue weighted by Gasteiger charge is 2.53. The maximum absolute atomic E-state index is 13.4. The van der Waals surface area contributed by atoms with Gasteiger partial charge in [-0.1, -0.05) is 260 Å². The van der Waals surface area contributed by atoms with E-state index in [-0.39, 0.29) is 18.9 Å². The predicted octanol–water partition coefficient (Wildman–Crippen LogP) is 10.5. The van der Waals surface area contributed by atoms with Crippen LogP contribution in [0.4, 0.5) is 0 Å². The molecule has 0 spiro atoms. The van der Waals surface area contributed by atoms with Gasteiger partial charge in [-0.05, 0) is 64.2 Å². The summed E-state index contributed by atoms with van der Waals surface area (Å²) in [7, 11) is 0. The Morgan fingerprint density at radius 3 is 1.16 bits per heavy atom. The van der Waals surface area contributed by atoms with Gasteiger partial charge in [-0.2, -0.15) is 0 Å². The van der Waals surface area contributed by atoms with Crippen molar-refractivity contribution in [2.24, 2.45) is 0 Å². The zero-order chi connectivity index (χ0) is 67.5. The molecule has 1 amide bonds. The number of hydrogen-bond acceptors (Lipinski definition) is 18. The van der Waals surface area contributed by atoms with Crippen LogP contribution in [0.2, 0.25) is 0 Å². The Morgan fingerprint density at radius 1 is 0.398 bits per heavy atom. The molecule has 0 radical (unpaired) electrons. The largest absolute Gasteiger partial charge is 0.394 e. The molecule has 0 aromatic rings. The van der Waals surface area contributed by atoms with Crippen LogP contribution in [0, 0.1) is 0 Å². The molecule has 0 aromatic carbocycles. The van der Waals surface area contributed by atoms with Gasteiger partial charge in [0.05, 0.1) is 38.6 Å². The number of allylic oxidation sites excluding steroid dienone is 11. The van der Waals surface area contributed by atoms with E-state index in [0.29, 0.717) is 6.42 Å². The molecule has 19 heteroatoms. The molecule has 12 N–H and O–H groups in total. The predicted molar refractivity (Wildman–Crippen MR) is 365 cm³/mol. The Morgan fingerprint density at radius 2 is 0.742 bits per heavy atom. The molecule has 17 unspecified atom stereocenters. The molecule has 3 heterocycles. The van der Waals surface area contributed by atoms with Crippen LogP contribution in [-0.2, 0) is 33.2 Å². The number of ether oxygens (including phenoxy) is 6. The van der Waals surface area contributed by atoms with E-state index in [9.17, 15) is 61.0 Å². The lowest BCUT2D eigenvalue weighted by atomic mass is 9.96. The summed E-state index contributed by atoms with van der Waals surface area (Å²) < 4.78 is 34.4. The highest BCUT2D eigenvalue weighted by Crippen LogP contribution is 2.33. The van der Waals surface area contributed by atoms with Gasteiger partial charge in [0.25, 0.3) is 0 Å². The second-order valence-corrected chi connectivity index (χ2v) is 26.0. The van der Waals surface area contributed by atoms with Gasteiger partial charge >= 0.3 is 0 Å². The Bertz CT molecular complexity index is 1970. The SMILES string of the molecule is CC/C=C\C/C=C\C/C=C\C/C=C\C/C=C\CCCCCCCCCCCCCCCCCC(=O)NC(COC1OC(CO)C(OC2OC(CO)C(OC3OC(CO)C(O)C(O)C3O)C(O)C2O)C(O)C1O)C(O)/C=C/CCCCCCCCCCCCCCCCC. The first kappa shape index (κ1) is 84.5. The summed E-state index contributed by atoms with van der Waals surface area (Å²) in [5.74, 6) is -0.276. The first-order chi connectivity index (χ1) is 45.3. The van der Waals surface area contributed by atoms with Gasteiger partial charge in [0.15, 0.2) is 18.9 Å². The first-order valence-corrected chi connectivity index (χ1v) is 36.7. The number of amides is 1. The van der Waals surface area contributed by atoms with Crippen LogP contribution in [0.1, 0.15) is 258 Å². The van der Waals surface area contributed by atoms with Crippen molar-refractivity contribution < 1.29 is 89.4 Å². The summed E-state index contributed by atoms with van der Waals surface area (Å²) in [4.78, 5) is 13.4. The van der Waals surface area contributed by atoms with Gasteiger partial charge in [-0.25, -0.2) is 0 Å². The van der Waals surface area contributed by atoms with Crippen molar-refractivity contribution in [3.8, 4) is 0 Å². The van der Waals surface area contributed by atoms with Gasteiger partial charge in [-0.15, -0.1) is 0 Å². The van der Waals surface area contributed by atoms with Crippen LogP contribution in [0.15, 0.2) is 72.9 Å². The molecule has 19 nitrogen and oxygen atoms in total. The Hall–Kier alpha value is -2.77. The molecule has 3 saturated heterocycles. The molecule has 3 aliphatic rings. The van der Waals surface area contributed by atoms with Crippen molar-refractivity contribution in [2.75, 3.05) is 26.4 Å². The van der Waals surface area contributed by atoms with Crippen LogP contribution >= 0.6 is 0 Å². The lowest BCUT2D eigenvalue weighted by Gasteiger charge is -2.48. The number of carbonyl (C=O) groups is 1. The number of rotatable bonds is 56. The molecular weight excluding hydrogens is 1190 g/mol. The summed E-state index contributed by atoms with van der Waals surface area (Å²) in [6.07, 6.45) is 43.0. The fourth-order valence-electron chi connectivity index (χ4n) is 12.1. The molecule has 540 valence electrons. The van der Waals surface area contributed by atoms with Crippen LogP contribution in [0.3, 0.4) is 0 Å². The lowest BCUT2D eigenvalue weighted by Crippen LogP contribution is -2.66. The summed E-state index contributed by atoms with van der Waals surface area (Å²) in [5, 5.41) is 121.